The zero-order chi connectivity index (χ0) is 41.7. The summed E-state index contributed by atoms with van der Waals surface area (Å²) in [6.07, 6.45) is 7.93. The first-order chi connectivity index (χ1) is 29.4. The van der Waals surface area contributed by atoms with Gasteiger partial charge in [0.2, 0.25) is 0 Å². The van der Waals surface area contributed by atoms with E-state index in [2.05, 4.69) is 59.6 Å². The van der Waals surface area contributed by atoms with Crippen LogP contribution >= 0.6 is 23.2 Å². The van der Waals surface area contributed by atoms with E-state index >= 15 is 0 Å². The summed E-state index contributed by atoms with van der Waals surface area (Å²) in [6.45, 7) is 0.875. The van der Waals surface area contributed by atoms with Crippen LogP contribution in [0.15, 0.2) is 134 Å². The van der Waals surface area contributed by atoms with Crippen LogP contribution in [-0.4, -0.2) is 43.0 Å². The number of carbonyl (C=O) groups is 2. The summed E-state index contributed by atoms with van der Waals surface area (Å²) < 4.78 is 0. The van der Waals surface area contributed by atoms with E-state index in [9.17, 15) is 9.59 Å². The molecule has 12 heteroatoms. The fraction of sp³-hybridized carbons (Fsp3) is 0.125. The van der Waals surface area contributed by atoms with Crippen LogP contribution in [0.4, 0.5) is 0 Å². The molecule has 0 radical (unpaired) electrons. The van der Waals surface area contributed by atoms with E-state index in [-0.39, 0.29) is 5.91 Å². The molecule has 2 aliphatic rings. The first-order valence-corrected chi connectivity index (χ1v) is 20.0. The topological polar surface area (TPSA) is 149 Å². The van der Waals surface area contributed by atoms with Crippen molar-refractivity contribution in [3.05, 3.63) is 200 Å². The predicted molar refractivity (Wildman–Crippen MR) is 234 cm³/mol. The lowest BCUT2D eigenvalue weighted by molar-refractivity contribution is -0.118. The Kier molecular flexibility index (Phi) is 13.7. The highest BCUT2D eigenvalue weighted by atomic mass is 35.5. The summed E-state index contributed by atoms with van der Waals surface area (Å²) in [5, 5.41) is 14.5. The molecule has 0 unspecified atom stereocenters. The molecule has 0 spiro atoms. The number of rotatable bonds is 6. The van der Waals surface area contributed by atoms with Crippen molar-refractivity contribution in [1.29, 1.82) is 0 Å². The van der Waals surface area contributed by atoms with E-state index in [1.807, 2.05) is 109 Å². The van der Waals surface area contributed by atoms with Gasteiger partial charge in [0, 0.05) is 46.7 Å². The van der Waals surface area contributed by atoms with Gasteiger partial charge in [-0.05, 0) is 107 Å². The van der Waals surface area contributed by atoms with E-state index < -0.39 is 5.91 Å². The molecule has 10 nitrogen and oxygen atoms in total. The van der Waals surface area contributed by atoms with Crippen LogP contribution in [0, 0.1) is 11.8 Å². The van der Waals surface area contributed by atoms with Gasteiger partial charge in [-0.2, -0.15) is 9.89 Å². The number of nitrogens with zero attached hydrogens (tertiary/aromatic N) is 5. The maximum Gasteiger partial charge on any atom is 0.344 e. The molecule has 2 aliphatic carbocycles. The van der Waals surface area contributed by atoms with Crippen molar-refractivity contribution in [2.45, 2.75) is 38.8 Å². The number of nitrogens with one attached hydrogen (secondary N) is 3. The number of aromatic amines is 1. The summed E-state index contributed by atoms with van der Waals surface area (Å²) in [6, 6.07) is 39.0. The van der Waals surface area contributed by atoms with Crippen LogP contribution in [0.5, 0.6) is 0 Å². The number of aryl methyl sites for hydroxylation is 4. The highest BCUT2D eigenvalue weighted by Crippen LogP contribution is 2.39. The smallest absolute Gasteiger partial charge is 0.344 e. The van der Waals surface area contributed by atoms with Gasteiger partial charge in [0.25, 0.3) is 5.91 Å². The van der Waals surface area contributed by atoms with Gasteiger partial charge in [-0.15, -0.1) is 0 Å². The van der Waals surface area contributed by atoms with Gasteiger partial charge in [-0.1, -0.05) is 108 Å². The molecule has 0 saturated carbocycles. The third-order valence-corrected chi connectivity index (χ3v) is 10.3. The van der Waals surface area contributed by atoms with Crippen molar-refractivity contribution >= 4 is 41.2 Å². The number of pyridine rings is 2. The fourth-order valence-corrected chi connectivity index (χ4v) is 7.25. The van der Waals surface area contributed by atoms with E-state index in [0.29, 0.717) is 23.8 Å². The molecule has 60 heavy (non-hydrogen) atoms. The number of benzene rings is 4. The first kappa shape index (κ1) is 41.0. The van der Waals surface area contributed by atoms with Crippen LogP contribution in [0.25, 0.3) is 28.0 Å². The fourth-order valence-electron chi connectivity index (χ4n) is 6.86. The molecule has 2 amide bonds. The van der Waals surface area contributed by atoms with Gasteiger partial charge in [0.1, 0.15) is 17.1 Å². The average molecular weight is 830 g/mol. The molecule has 0 saturated heterocycles. The molecule has 0 fully saturated rings. The lowest BCUT2D eigenvalue weighted by Gasteiger charge is -2.17. The quantitative estimate of drug-likeness (QED) is 0.0664. The van der Waals surface area contributed by atoms with E-state index in [1.165, 1.54) is 11.1 Å². The summed E-state index contributed by atoms with van der Waals surface area (Å²) in [4.78, 5) is 35.4. The number of amides is 2. The Morgan fingerprint density at radius 1 is 0.683 bits per heavy atom. The Morgan fingerprint density at radius 2 is 1.30 bits per heavy atom. The second kappa shape index (κ2) is 20.0. The second-order valence-electron chi connectivity index (χ2n) is 13.8. The van der Waals surface area contributed by atoms with E-state index in [4.69, 9.17) is 28.7 Å². The standard InChI is InChI=1S/C24H19ClN4O.C15H10ClN.C9H9N3O/c25-18-10-11-19-17(13-18)9-8-16-7-4-12-26-21(16)20-22(19)28-29-23(20)24(30)27-14-15-5-2-1-3-6-15;16-14-7-5-11-6-8-15-12(2-1-9-17-15)3-4-13(11)10-14;10-12-7-9(13)11-6-8-4-2-1-3-5-8/h1-7,10-13H,8-9,14H2,(H,27,30)(H,28,29);1-2,5,7,9-10H,3-4H2;1-5,7H,6H2,(H,11,13). The molecular formula is C48H38Cl2N8O2. The Morgan fingerprint density at radius 3 is 2.03 bits per heavy atom. The molecular weight excluding hydrogens is 791 g/mol. The van der Waals surface area contributed by atoms with Crippen molar-refractivity contribution in [2.75, 3.05) is 0 Å². The van der Waals surface area contributed by atoms with Gasteiger partial charge in [-0.3, -0.25) is 19.7 Å². The molecule has 296 valence electrons. The van der Waals surface area contributed by atoms with Crippen LogP contribution in [0.1, 0.15) is 55.1 Å². The Labute approximate surface area is 357 Å². The first-order valence-electron chi connectivity index (χ1n) is 19.2. The second-order valence-corrected chi connectivity index (χ2v) is 14.7. The molecule has 9 rings (SSSR count). The van der Waals surface area contributed by atoms with Crippen molar-refractivity contribution < 1.29 is 14.4 Å². The minimum atomic E-state index is -0.411. The van der Waals surface area contributed by atoms with Crippen molar-refractivity contribution in [3.63, 3.8) is 0 Å². The van der Waals surface area contributed by atoms with Crippen LogP contribution < -0.4 is 10.6 Å². The molecule has 3 N–H and O–H groups in total. The van der Waals surface area contributed by atoms with Crippen molar-refractivity contribution in [1.82, 2.24) is 30.8 Å². The van der Waals surface area contributed by atoms with Crippen LogP contribution in [0.3, 0.4) is 0 Å². The molecule has 3 heterocycles. The van der Waals surface area contributed by atoms with E-state index in [0.717, 1.165) is 92.9 Å². The number of hydrogen-bond acceptors (Lipinski definition) is 5. The lowest BCUT2D eigenvalue weighted by atomic mass is 9.89. The molecule has 4 aromatic carbocycles. The normalized spacial score (nSPS) is 11.5. The molecule has 0 aliphatic heterocycles. The number of H-pyrrole nitrogens is 1. The van der Waals surface area contributed by atoms with Crippen molar-refractivity contribution in [2.24, 2.45) is 0 Å². The minimum absolute atomic E-state index is 0.208. The lowest BCUT2D eigenvalue weighted by Crippen LogP contribution is -2.24. The van der Waals surface area contributed by atoms with Gasteiger partial charge in [0.05, 0.1) is 11.3 Å². The SMILES string of the molecule is Clc1ccc2c(c1)CCc1cccnc1C#C2.O=C(NCc1ccccc1)c1[nH]nc2c1-c1ncccc1CCc1cc(Cl)ccc1-2.[N-]=[N+]=CC(=O)NCc1ccccc1. The number of halogens is 2. The zero-order valence-electron chi connectivity index (χ0n) is 32.3. The van der Waals surface area contributed by atoms with Crippen LogP contribution in [0.2, 0.25) is 10.0 Å². The Balaban J connectivity index is 0.000000153. The number of carbonyl (C=O) groups excluding carboxylic acids is 2. The zero-order valence-corrected chi connectivity index (χ0v) is 33.8. The molecule has 7 aromatic rings. The summed E-state index contributed by atoms with van der Waals surface area (Å²) in [7, 11) is 0. The van der Waals surface area contributed by atoms with Gasteiger partial charge in [-0.25, -0.2) is 4.98 Å². The Hall–Kier alpha value is -7.15. The average Bonchev–Trinajstić information content (AvgIpc) is 3.70. The van der Waals surface area contributed by atoms with Gasteiger partial charge >= 0.3 is 12.1 Å². The number of fused-ring (bicyclic) bond motifs is 7. The highest BCUT2D eigenvalue weighted by Gasteiger charge is 2.27. The third kappa shape index (κ3) is 10.5. The maximum atomic E-state index is 13.1. The number of aromatic nitrogens is 4. The Bertz CT molecular complexity index is 2750. The van der Waals surface area contributed by atoms with Crippen molar-refractivity contribution in [3.8, 4) is 34.4 Å². The summed E-state index contributed by atoms with van der Waals surface area (Å²) in [5.74, 6) is 5.70. The summed E-state index contributed by atoms with van der Waals surface area (Å²) in [5.41, 5.74) is 20.3. The maximum absolute atomic E-state index is 13.1. The number of hydrogen-bond donors (Lipinski definition) is 3. The highest BCUT2D eigenvalue weighted by molar-refractivity contribution is 6.31. The molecule has 3 aromatic heterocycles. The monoisotopic (exact) mass is 828 g/mol. The minimum Gasteiger partial charge on any atom is -0.361 e. The molecule has 0 atom stereocenters. The summed E-state index contributed by atoms with van der Waals surface area (Å²) >= 11 is 12.3. The predicted octanol–water partition coefficient (Wildman–Crippen LogP) is 8.66. The van der Waals surface area contributed by atoms with Crippen LogP contribution in [-0.2, 0) is 43.6 Å². The largest absolute Gasteiger partial charge is 0.361 e. The van der Waals surface area contributed by atoms with E-state index in [1.54, 1.807) is 12.4 Å². The third-order valence-electron chi connectivity index (χ3n) is 9.83. The van der Waals surface area contributed by atoms with Gasteiger partial charge < -0.3 is 16.2 Å². The molecule has 0 bridgehead atoms. The van der Waals surface area contributed by atoms with Gasteiger partial charge in [0.15, 0.2) is 0 Å².